The van der Waals surface area contributed by atoms with E-state index < -0.39 is 0 Å². The van der Waals surface area contributed by atoms with Crippen molar-refractivity contribution < 1.29 is 0 Å². The minimum Gasteiger partial charge on any atom is -0.357 e. The average Bonchev–Trinajstić information content (AvgIpc) is 3.07. The van der Waals surface area contributed by atoms with Crippen molar-refractivity contribution in [1.29, 1.82) is 0 Å². The summed E-state index contributed by atoms with van der Waals surface area (Å²) in [6, 6.07) is 0.552. The third-order valence-corrected chi connectivity index (χ3v) is 5.04. The molecule has 0 spiro atoms. The number of halogens is 1. The lowest BCUT2D eigenvalue weighted by atomic mass is 9.65. The SMILES string of the molecule is CCNC(=NCC1(C2CC2)CCC1)NC1CC=CC1.I. The Bertz CT molecular complexity index is 362. The van der Waals surface area contributed by atoms with E-state index in [1.807, 2.05) is 0 Å². The predicted molar refractivity (Wildman–Crippen MR) is 95.7 cm³/mol. The van der Waals surface area contributed by atoms with Gasteiger partial charge in [-0.25, -0.2) is 0 Å². The fourth-order valence-corrected chi connectivity index (χ4v) is 3.51. The Kier molecular flexibility index (Phi) is 5.75. The number of aliphatic imine (C=N–C) groups is 1. The van der Waals surface area contributed by atoms with Gasteiger partial charge < -0.3 is 10.6 Å². The van der Waals surface area contributed by atoms with Crippen molar-refractivity contribution in [3.05, 3.63) is 12.2 Å². The molecular weight excluding hydrogens is 361 g/mol. The van der Waals surface area contributed by atoms with Crippen LogP contribution >= 0.6 is 24.0 Å². The van der Waals surface area contributed by atoms with Crippen molar-refractivity contribution in [2.75, 3.05) is 13.1 Å². The molecule has 2 fully saturated rings. The fraction of sp³-hybridized carbons (Fsp3) is 0.812. The average molecular weight is 389 g/mol. The number of hydrogen-bond acceptors (Lipinski definition) is 1. The summed E-state index contributed by atoms with van der Waals surface area (Å²) < 4.78 is 0. The molecule has 0 amide bonds. The highest BCUT2D eigenvalue weighted by atomic mass is 127. The van der Waals surface area contributed by atoms with Gasteiger partial charge in [-0.05, 0) is 56.8 Å². The van der Waals surface area contributed by atoms with E-state index in [0.29, 0.717) is 11.5 Å². The Labute approximate surface area is 140 Å². The summed E-state index contributed by atoms with van der Waals surface area (Å²) in [6.07, 6.45) is 13.9. The van der Waals surface area contributed by atoms with Gasteiger partial charge >= 0.3 is 0 Å². The van der Waals surface area contributed by atoms with Crippen LogP contribution in [0.5, 0.6) is 0 Å². The Balaban J connectivity index is 0.00000147. The number of nitrogens with zero attached hydrogens (tertiary/aromatic N) is 1. The maximum Gasteiger partial charge on any atom is 0.191 e. The molecule has 114 valence electrons. The molecule has 0 aliphatic heterocycles. The third kappa shape index (κ3) is 3.68. The summed E-state index contributed by atoms with van der Waals surface area (Å²) in [5.74, 6) is 2.02. The third-order valence-electron chi connectivity index (χ3n) is 5.04. The molecular formula is C16H28IN3. The van der Waals surface area contributed by atoms with E-state index in [-0.39, 0.29) is 24.0 Å². The van der Waals surface area contributed by atoms with Gasteiger partial charge in [-0.1, -0.05) is 18.6 Å². The largest absolute Gasteiger partial charge is 0.357 e. The molecule has 0 aromatic heterocycles. The Hall–Kier alpha value is -0.260. The molecule has 3 aliphatic carbocycles. The Morgan fingerprint density at radius 1 is 1.25 bits per heavy atom. The topological polar surface area (TPSA) is 36.4 Å². The van der Waals surface area contributed by atoms with Crippen LogP contribution in [-0.2, 0) is 0 Å². The smallest absolute Gasteiger partial charge is 0.191 e. The van der Waals surface area contributed by atoms with E-state index in [9.17, 15) is 0 Å². The van der Waals surface area contributed by atoms with Crippen LogP contribution in [0.4, 0.5) is 0 Å². The molecule has 0 aromatic rings. The van der Waals surface area contributed by atoms with Crippen LogP contribution in [0.3, 0.4) is 0 Å². The molecule has 3 aliphatic rings. The highest BCUT2D eigenvalue weighted by Crippen LogP contribution is 2.57. The minimum absolute atomic E-state index is 0. The van der Waals surface area contributed by atoms with E-state index >= 15 is 0 Å². The maximum absolute atomic E-state index is 4.90. The van der Waals surface area contributed by atoms with Crippen molar-refractivity contribution >= 4 is 29.9 Å². The van der Waals surface area contributed by atoms with Crippen molar-refractivity contribution in [2.45, 2.75) is 57.9 Å². The molecule has 0 saturated heterocycles. The van der Waals surface area contributed by atoms with Crippen LogP contribution in [0.25, 0.3) is 0 Å². The van der Waals surface area contributed by atoms with Crippen molar-refractivity contribution in [3.8, 4) is 0 Å². The monoisotopic (exact) mass is 389 g/mol. The lowest BCUT2D eigenvalue weighted by Crippen LogP contribution is -2.44. The highest BCUT2D eigenvalue weighted by Gasteiger charge is 2.48. The van der Waals surface area contributed by atoms with Gasteiger partial charge in [-0.2, -0.15) is 0 Å². The first-order valence-electron chi connectivity index (χ1n) is 8.02. The molecule has 0 unspecified atom stereocenters. The zero-order valence-electron chi connectivity index (χ0n) is 12.5. The van der Waals surface area contributed by atoms with Crippen LogP contribution in [0.1, 0.15) is 51.9 Å². The number of hydrogen-bond donors (Lipinski definition) is 2. The summed E-state index contributed by atoms with van der Waals surface area (Å²) in [5, 5.41) is 6.97. The summed E-state index contributed by atoms with van der Waals surface area (Å²) in [6.45, 7) is 4.12. The molecule has 3 nitrogen and oxygen atoms in total. The fourth-order valence-electron chi connectivity index (χ4n) is 3.51. The summed E-state index contributed by atoms with van der Waals surface area (Å²) in [7, 11) is 0. The Morgan fingerprint density at radius 2 is 1.95 bits per heavy atom. The molecule has 0 bridgehead atoms. The molecule has 20 heavy (non-hydrogen) atoms. The zero-order chi connectivity index (χ0) is 13.1. The molecule has 0 heterocycles. The lowest BCUT2D eigenvalue weighted by Gasteiger charge is -2.41. The zero-order valence-corrected chi connectivity index (χ0v) is 14.9. The molecule has 2 saturated carbocycles. The quantitative estimate of drug-likeness (QED) is 0.327. The van der Waals surface area contributed by atoms with Gasteiger partial charge in [0.1, 0.15) is 0 Å². The Morgan fingerprint density at radius 3 is 2.45 bits per heavy atom. The lowest BCUT2D eigenvalue weighted by molar-refractivity contribution is 0.113. The van der Waals surface area contributed by atoms with Crippen molar-refractivity contribution in [2.24, 2.45) is 16.3 Å². The van der Waals surface area contributed by atoms with E-state index in [0.717, 1.165) is 37.8 Å². The van der Waals surface area contributed by atoms with Crippen LogP contribution in [0, 0.1) is 11.3 Å². The van der Waals surface area contributed by atoms with Gasteiger partial charge in [0, 0.05) is 19.1 Å². The second kappa shape index (κ2) is 7.14. The van der Waals surface area contributed by atoms with Crippen LogP contribution < -0.4 is 10.6 Å². The minimum atomic E-state index is 0. The normalized spacial score (nSPS) is 24.9. The van der Waals surface area contributed by atoms with Crippen molar-refractivity contribution in [3.63, 3.8) is 0 Å². The molecule has 0 radical (unpaired) electrons. The first-order chi connectivity index (χ1) is 9.32. The molecule has 2 N–H and O–H groups in total. The van der Waals surface area contributed by atoms with Crippen LogP contribution in [0.2, 0.25) is 0 Å². The van der Waals surface area contributed by atoms with Gasteiger partial charge in [0.25, 0.3) is 0 Å². The van der Waals surface area contributed by atoms with Gasteiger partial charge in [0.05, 0.1) is 0 Å². The number of rotatable bonds is 5. The van der Waals surface area contributed by atoms with E-state index in [1.165, 1.54) is 32.1 Å². The molecule has 3 rings (SSSR count). The van der Waals surface area contributed by atoms with Gasteiger partial charge in [0.2, 0.25) is 0 Å². The van der Waals surface area contributed by atoms with Crippen LogP contribution in [0.15, 0.2) is 17.1 Å². The van der Waals surface area contributed by atoms with Gasteiger partial charge in [0.15, 0.2) is 5.96 Å². The second-order valence-corrected chi connectivity index (χ2v) is 6.47. The molecule has 0 aromatic carbocycles. The molecule has 4 heteroatoms. The summed E-state index contributed by atoms with van der Waals surface area (Å²) in [4.78, 5) is 4.90. The second-order valence-electron chi connectivity index (χ2n) is 6.47. The summed E-state index contributed by atoms with van der Waals surface area (Å²) >= 11 is 0. The first kappa shape index (κ1) is 16.1. The first-order valence-corrected chi connectivity index (χ1v) is 8.02. The van der Waals surface area contributed by atoms with Gasteiger partial charge in [-0.3, -0.25) is 4.99 Å². The maximum atomic E-state index is 4.90. The highest BCUT2D eigenvalue weighted by molar-refractivity contribution is 14.0. The van der Waals surface area contributed by atoms with E-state index in [2.05, 4.69) is 29.7 Å². The van der Waals surface area contributed by atoms with Crippen molar-refractivity contribution in [1.82, 2.24) is 10.6 Å². The van der Waals surface area contributed by atoms with E-state index in [4.69, 9.17) is 4.99 Å². The van der Waals surface area contributed by atoms with Gasteiger partial charge in [-0.15, -0.1) is 24.0 Å². The number of guanidine groups is 1. The number of nitrogens with one attached hydrogen (secondary N) is 2. The predicted octanol–water partition coefficient (Wildman–Crippen LogP) is 3.46. The standard InChI is InChI=1S/C16H27N3.HI/c1-2-17-15(19-14-6-3-4-7-14)18-12-16(10-5-11-16)13-8-9-13;/h3-4,13-14H,2,5-12H2,1H3,(H2,17,18,19);1H. The summed E-state index contributed by atoms with van der Waals surface area (Å²) in [5.41, 5.74) is 0.580. The van der Waals surface area contributed by atoms with Crippen LogP contribution in [-0.4, -0.2) is 25.1 Å². The van der Waals surface area contributed by atoms with E-state index in [1.54, 1.807) is 0 Å². The molecule has 0 atom stereocenters.